The van der Waals surface area contributed by atoms with E-state index in [1.807, 2.05) is 0 Å². The standard InChI is InChI=1S/C13H22O/c1-13(2,3)8-10-7-9-5-4-6-11(9)12(10)14/h7,9,11-12,14H,4-6,8H2,1-3H3/t9-,11-,12-/m1/s1. The quantitative estimate of drug-likeness (QED) is 0.636. The van der Waals surface area contributed by atoms with Crippen molar-refractivity contribution in [1.82, 2.24) is 0 Å². The first kappa shape index (κ1) is 10.2. The molecule has 0 aromatic rings. The van der Waals surface area contributed by atoms with E-state index in [9.17, 15) is 5.11 Å². The Morgan fingerprint density at radius 3 is 2.64 bits per heavy atom. The minimum absolute atomic E-state index is 0.123. The maximum atomic E-state index is 10.2. The Morgan fingerprint density at radius 2 is 2.07 bits per heavy atom. The molecule has 14 heavy (non-hydrogen) atoms. The summed E-state index contributed by atoms with van der Waals surface area (Å²) >= 11 is 0. The maximum absolute atomic E-state index is 10.2. The summed E-state index contributed by atoms with van der Waals surface area (Å²) in [6, 6.07) is 0. The van der Waals surface area contributed by atoms with Crippen LogP contribution < -0.4 is 0 Å². The van der Waals surface area contributed by atoms with Crippen molar-refractivity contribution in [1.29, 1.82) is 0 Å². The van der Waals surface area contributed by atoms with E-state index in [2.05, 4.69) is 26.8 Å². The van der Waals surface area contributed by atoms with Crippen molar-refractivity contribution in [2.24, 2.45) is 17.3 Å². The van der Waals surface area contributed by atoms with E-state index in [-0.39, 0.29) is 6.10 Å². The van der Waals surface area contributed by atoms with Crippen molar-refractivity contribution >= 4 is 0 Å². The van der Waals surface area contributed by atoms with E-state index in [1.54, 1.807) is 0 Å². The molecule has 1 saturated carbocycles. The molecule has 1 N–H and O–H groups in total. The summed E-state index contributed by atoms with van der Waals surface area (Å²) in [5.41, 5.74) is 1.62. The molecule has 0 aliphatic heterocycles. The van der Waals surface area contributed by atoms with Crippen molar-refractivity contribution in [2.75, 3.05) is 0 Å². The zero-order valence-corrected chi connectivity index (χ0v) is 9.59. The number of hydrogen-bond donors (Lipinski definition) is 1. The first-order chi connectivity index (χ1) is 6.47. The number of fused-ring (bicyclic) bond motifs is 1. The highest BCUT2D eigenvalue weighted by Crippen LogP contribution is 2.45. The van der Waals surface area contributed by atoms with Gasteiger partial charge in [0.05, 0.1) is 6.10 Å². The van der Waals surface area contributed by atoms with Crippen molar-refractivity contribution in [3.63, 3.8) is 0 Å². The predicted molar refractivity (Wildman–Crippen MR) is 59.0 cm³/mol. The normalized spacial score (nSPS) is 37.1. The lowest BCUT2D eigenvalue weighted by atomic mass is 9.85. The Bertz CT molecular complexity index is 246. The zero-order chi connectivity index (χ0) is 10.3. The predicted octanol–water partition coefficient (Wildman–Crippen LogP) is 3.14. The number of hydrogen-bond acceptors (Lipinski definition) is 1. The first-order valence-corrected chi connectivity index (χ1v) is 5.86. The molecule has 2 rings (SSSR count). The van der Waals surface area contributed by atoms with E-state index >= 15 is 0 Å². The monoisotopic (exact) mass is 194 g/mol. The Kier molecular flexibility index (Phi) is 2.46. The summed E-state index contributed by atoms with van der Waals surface area (Å²) in [6.07, 6.45) is 7.15. The van der Waals surface area contributed by atoms with Crippen molar-refractivity contribution < 1.29 is 5.11 Å². The summed E-state index contributed by atoms with van der Waals surface area (Å²) in [7, 11) is 0. The molecule has 1 nitrogen and oxygen atoms in total. The summed E-state index contributed by atoms with van der Waals surface area (Å²) in [5.74, 6) is 1.26. The van der Waals surface area contributed by atoms with Gasteiger partial charge in [0.25, 0.3) is 0 Å². The van der Waals surface area contributed by atoms with E-state index in [1.165, 1.54) is 24.8 Å². The third-order valence-corrected chi connectivity index (χ3v) is 3.57. The van der Waals surface area contributed by atoms with Crippen LogP contribution in [0.5, 0.6) is 0 Å². The highest BCUT2D eigenvalue weighted by molar-refractivity contribution is 5.22. The molecule has 3 atom stereocenters. The van der Waals surface area contributed by atoms with Crippen LogP contribution in [0.15, 0.2) is 11.6 Å². The van der Waals surface area contributed by atoms with E-state index in [0.717, 1.165) is 6.42 Å². The lowest BCUT2D eigenvalue weighted by molar-refractivity contribution is 0.136. The number of allylic oxidation sites excluding steroid dienone is 1. The summed E-state index contributed by atoms with van der Waals surface area (Å²) < 4.78 is 0. The molecule has 0 radical (unpaired) electrons. The molecule has 2 aliphatic carbocycles. The molecule has 0 aromatic heterocycles. The molecule has 80 valence electrons. The van der Waals surface area contributed by atoms with Gasteiger partial charge in [-0.05, 0) is 42.1 Å². The minimum Gasteiger partial charge on any atom is -0.388 e. The number of aliphatic hydroxyl groups excluding tert-OH is 1. The molecule has 0 amide bonds. The summed E-state index contributed by atoms with van der Waals surface area (Å²) in [4.78, 5) is 0. The highest BCUT2D eigenvalue weighted by Gasteiger charge is 2.39. The van der Waals surface area contributed by atoms with Gasteiger partial charge in [0.2, 0.25) is 0 Å². The maximum Gasteiger partial charge on any atom is 0.0784 e. The van der Waals surface area contributed by atoms with Gasteiger partial charge >= 0.3 is 0 Å². The second-order valence-electron chi connectivity index (χ2n) is 6.18. The Labute approximate surface area is 87.2 Å². The van der Waals surface area contributed by atoms with Gasteiger partial charge in [-0.25, -0.2) is 0 Å². The van der Waals surface area contributed by atoms with Gasteiger partial charge in [0.15, 0.2) is 0 Å². The van der Waals surface area contributed by atoms with Crippen molar-refractivity contribution in [3.05, 3.63) is 11.6 Å². The van der Waals surface area contributed by atoms with Crippen LogP contribution in [0, 0.1) is 17.3 Å². The van der Waals surface area contributed by atoms with Gasteiger partial charge in [-0.3, -0.25) is 0 Å². The molecule has 0 aromatic carbocycles. The van der Waals surface area contributed by atoms with Crippen LogP contribution in [-0.4, -0.2) is 11.2 Å². The smallest absolute Gasteiger partial charge is 0.0784 e. The lowest BCUT2D eigenvalue weighted by Crippen LogP contribution is -2.20. The molecule has 0 heterocycles. The third-order valence-electron chi connectivity index (χ3n) is 3.57. The van der Waals surface area contributed by atoms with Crippen LogP contribution in [-0.2, 0) is 0 Å². The number of aliphatic hydroxyl groups is 1. The van der Waals surface area contributed by atoms with E-state index < -0.39 is 0 Å². The molecule has 2 aliphatic rings. The van der Waals surface area contributed by atoms with Gasteiger partial charge in [-0.2, -0.15) is 0 Å². The van der Waals surface area contributed by atoms with Gasteiger partial charge < -0.3 is 5.11 Å². The zero-order valence-electron chi connectivity index (χ0n) is 9.59. The Morgan fingerprint density at radius 1 is 1.36 bits per heavy atom. The molecule has 1 heteroatoms. The van der Waals surface area contributed by atoms with Gasteiger partial charge in [0, 0.05) is 0 Å². The van der Waals surface area contributed by atoms with E-state index in [4.69, 9.17) is 0 Å². The van der Waals surface area contributed by atoms with Crippen LogP contribution in [0.3, 0.4) is 0 Å². The fourth-order valence-electron chi connectivity index (χ4n) is 3.04. The van der Waals surface area contributed by atoms with Gasteiger partial charge in [-0.1, -0.05) is 33.3 Å². The van der Waals surface area contributed by atoms with Crippen LogP contribution in [0.2, 0.25) is 0 Å². The molecular formula is C13H22O. The average molecular weight is 194 g/mol. The first-order valence-electron chi connectivity index (χ1n) is 5.86. The van der Waals surface area contributed by atoms with E-state index in [0.29, 0.717) is 17.3 Å². The highest BCUT2D eigenvalue weighted by atomic mass is 16.3. The topological polar surface area (TPSA) is 20.2 Å². The van der Waals surface area contributed by atoms with Crippen LogP contribution >= 0.6 is 0 Å². The van der Waals surface area contributed by atoms with Crippen LogP contribution in [0.25, 0.3) is 0 Å². The second-order valence-corrected chi connectivity index (χ2v) is 6.18. The fraction of sp³-hybridized carbons (Fsp3) is 0.846. The summed E-state index contributed by atoms with van der Waals surface area (Å²) in [5, 5.41) is 10.2. The largest absolute Gasteiger partial charge is 0.388 e. The van der Waals surface area contributed by atoms with Crippen LogP contribution in [0.1, 0.15) is 46.5 Å². The average Bonchev–Trinajstić information content (AvgIpc) is 2.55. The molecular weight excluding hydrogens is 172 g/mol. The van der Waals surface area contributed by atoms with Crippen molar-refractivity contribution in [3.8, 4) is 0 Å². The second kappa shape index (κ2) is 3.37. The molecule has 0 spiro atoms. The minimum atomic E-state index is -0.123. The Hall–Kier alpha value is -0.300. The van der Waals surface area contributed by atoms with Crippen molar-refractivity contribution in [2.45, 2.75) is 52.6 Å². The Balaban J connectivity index is 2.07. The summed E-state index contributed by atoms with van der Waals surface area (Å²) in [6.45, 7) is 6.73. The third kappa shape index (κ3) is 1.88. The van der Waals surface area contributed by atoms with Gasteiger partial charge in [0.1, 0.15) is 0 Å². The molecule has 1 fully saturated rings. The fourth-order valence-corrected chi connectivity index (χ4v) is 3.04. The number of rotatable bonds is 1. The molecule has 0 unspecified atom stereocenters. The molecule has 0 bridgehead atoms. The molecule has 0 saturated heterocycles. The van der Waals surface area contributed by atoms with Crippen LogP contribution in [0.4, 0.5) is 0 Å². The van der Waals surface area contributed by atoms with Gasteiger partial charge in [-0.15, -0.1) is 0 Å². The SMILES string of the molecule is CC(C)(C)CC1=C[C@H]2CCC[C@H]2[C@@H]1O. The lowest BCUT2D eigenvalue weighted by Gasteiger charge is -2.23.